The zero-order valence-corrected chi connectivity index (χ0v) is 24.4. The Kier molecular flexibility index (Phi) is 8.39. The van der Waals surface area contributed by atoms with Crippen molar-refractivity contribution < 1.29 is 23.1 Å². The van der Waals surface area contributed by atoms with Crippen LogP contribution in [0.4, 0.5) is 18.9 Å². The second kappa shape index (κ2) is 11.9. The van der Waals surface area contributed by atoms with Gasteiger partial charge in [-0.3, -0.25) is 9.36 Å². The lowest BCUT2D eigenvalue weighted by Crippen LogP contribution is -2.43. The van der Waals surface area contributed by atoms with Gasteiger partial charge in [0.15, 0.2) is 0 Å². The lowest BCUT2D eigenvalue weighted by molar-refractivity contribution is -0.141. The second-order valence-electron chi connectivity index (χ2n) is 10.7. The van der Waals surface area contributed by atoms with Gasteiger partial charge in [-0.05, 0) is 71.8 Å². The summed E-state index contributed by atoms with van der Waals surface area (Å²) in [5.41, 5.74) is 1.01. The number of hydrogen-bond donors (Lipinski definition) is 2. The Morgan fingerprint density at radius 1 is 1.10 bits per heavy atom. The van der Waals surface area contributed by atoms with Gasteiger partial charge in [-0.1, -0.05) is 61.5 Å². The van der Waals surface area contributed by atoms with Crippen molar-refractivity contribution >= 4 is 34.4 Å². The van der Waals surface area contributed by atoms with Crippen molar-refractivity contribution in [3.05, 3.63) is 93.8 Å². The maximum Gasteiger partial charge on any atom is 0.416 e. The fraction of sp³-hybridized carbons (Fsp3) is 0.312. The van der Waals surface area contributed by atoms with Crippen molar-refractivity contribution in [2.24, 2.45) is 0 Å². The molecule has 4 aromatic rings. The number of carboxylic acid groups (broad SMARTS) is 1. The van der Waals surface area contributed by atoms with E-state index in [0.717, 1.165) is 34.9 Å². The summed E-state index contributed by atoms with van der Waals surface area (Å²) in [7, 11) is 0. The van der Waals surface area contributed by atoms with Crippen molar-refractivity contribution in [3.8, 4) is 11.1 Å². The van der Waals surface area contributed by atoms with Crippen molar-refractivity contribution in [2.75, 3.05) is 18.4 Å². The Morgan fingerprint density at radius 3 is 2.50 bits per heavy atom. The fourth-order valence-electron chi connectivity index (χ4n) is 5.50. The molecule has 0 bridgehead atoms. The van der Waals surface area contributed by atoms with E-state index >= 15 is 0 Å². The van der Waals surface area contributed by atoms with Crippen LogP contribution in [0, 0.1) is 0 Å². The topological polar surface area (TPSA) is 74.6 Å². The highest BCUT2D eigenvalue weighted by atomic mass is 32.2. The summed E-state index contributed by atoms with van der Waals surface area (Å²) in [4.78, 5) is 26.8. The molecule has 42 heavy (non-hydrogen) atoms. The third-order valence-corrected chi connectivity index (χ3v) is 8.45. The molecule has 0 saturated heterocycles. The number of fused-ring (bicyclic) bond motifs is 2. The molecule has 0 saturated carbocycles. The molecule has 1 unspecified atom stereocenters. The lowest BCUT2D eigenvalue weighted by atomic mass is 9.91. The number of halogens is 3. The monoisotopic (exact) mass is 595 g/mol. The zero-order valence-electron chi connectivity index (χ0n) is 23.5. The van der Waals surface area contributed by atoms with Crippen LogP contribution in [0.1, 0.15) is 49.9 Å². The number of carboxylic acids is 1. The van der Waals surface area contributed by atoms with Crippen LogP contribution in [0.25, 0.3) is 21.9 Å². The molecule has 2 N–H and O–H groups in total. The fourth-order valence-corrected chi connectivity index (χ4v) is 6.86. The number of hydrogen-bond acceptors (Lipinski definition) is 5. The average Bonchev–Trinajstić information content (AvgIpc) is 2.94. The van der Waals surface area contributed by atoms with Crippen molar-refractivity contribution in [1.29, 1.82) is 0 Å². The summed E-state index contributed by atoms with van der Waals surface area (Å²) in [6, 6.07) is 17.3. The number of alkyl halides is 3. The number of rotatable bonds is 8. The molecular formula is C32H32F3N3O3S. The van der Waals surface area contributed by atoms with Crippen molar-refractivity contribution in [1.82, 2.24) is 8.87 Å². The highest BCUT2D eigenvalue weighted by Gasteiger charge is 2.37. The third-order valence-electron chi connectivity index (χ3n) is 7.29. The number of nitrogens with zero attached hydrogens (tertiary/aromatic N) is 2. The number of nitrogens with one attached hydrogen (secondary N) is 1. The first-order chi connectivity index (χ1) is 20.0. The van der Waals surface area contributed by atoms with E-state index in [1.165, 1.54) is 22.6 Å². The van der Waals surface area contributed by atoms with Gasteiger partial charge in [-0.2, -0.15) is 13.2 Å². The normalized spacial score (nSPS) is 15.6. The maximum atomic E-state index is 14.2. The Balaban J connectivity index is 1.89. The molecule has 1 aliphatic rings. The molecule has 1 aliphatic heterocycles. The molecule has 0 amide bonds. The second-order valence-corrected chi connectivity index (χ2v) is 11.8. The third kappa shape index (κ3) is 5.78. The van der Waals surface area contributed by atoms with E-state index in [9.17, 15) is 27.9 Å². The predicted molar refractivity (Wildman–Crippen MR) is 161 cm³/mol. The Hall–Kier alpha value is -3.76. The summed E-state index contributed by atoms with van der Waals surface area (Å²) < 4.78 is 44.9. The van der Waals surface area contributed by atoms with E-state index in [-0.39, 0.29) is 30.3 Å². The quantitative estimate of drug-likeness (QED) is 0.206. The van der Waals surface area contributed by atoms with Crippen LogP contribution in [0.5, 0.6) is 0 Å². The van der Waals surface area contributed by atoms with Gasteiger partial charge < -0.3 is 10.4 Å². The summed E-state index contributed by atoms with van der Waals surface area (Å²) in [6.45, 7) is 6.33. The number of carbonyl (C=O) groups is 1. The summed E-state index contributed by atoms with van der Waals surface area (Å²) in [6.07, 6.45) is -3.60. The molecule has 0 radical (unpaired) electrons. The van der Waals surface area contributed by atoms with Gasteiger partial charge in [0.25, 0.3) is 5.56 Å². The van der Waals surface area contributed by atoms with Gasteiger partial charge in [0.05, 0.1) is 5.56 Å². The predicted octanol–water partition coefficient (Wildman–Crippen LogP) is 7.46. The minimum Gasteiger partial charge on any atom is -0.480 e. The summed E-state index contributed by atoms with van der Waals surface area (Å²) in [5, 5.41) is 15.8. The van der Waals surface area contributed by atoms with E-state index in [1.54, 1.807) is 6.07 Å². The highest BCUT2D eigenvalue weighted by molar-refractivity contribution is 7.97. The molecular weight excluding hydrogens is 563 g/mol. The smallest absolute Gasteiger partial charge is 0.416 e. The van der Waals surface area contributed by atoms with E-state index in [1.807, 2.05) is 67.5 Å². The minimum atomic E-state index is -4.58. The molecule has 0 spiro atoms. The number of benzene rings is 3. The van der Waals surface area contributed by atoms with Gasteiger partial charge in [-0.25, -0.2) is 9.10 Å². The first-order valence-corrected chi connectivity index (χ1v) is 14.6. The SMILES string of the molecule is CCCN1CC(C(=O)O)n2c(c(-c3cccc(C(F)(F)F)c3)c(Cc3cccc4ccccc34)c(NC(C)C)c2=O)S1. The highest BCUT2D eigenvalue weighted by Crippen LogP contribution is 2.44. The van der Waals surface area contributed by atoms with E-state index in [0.29, 0.717) is 22.7 Å². The van der Waals surface area contributed by atoms with Crippen LogP contribution in [-0.4, -0.2) is 39.1 Å². The van der Waals surface area contributed by atoms with Gasteiger partial charge in [0.2, 0.25) is 0 Å². The van der Waals surface area contributed by atoms with Gasteiger partial charge >= 0.3 is 12.1 Å². The van der Waals surface area contributed by atoms with Gasteiger partial charge in [-0.15, -0.1) is 0 Å². The van der Waals surface area contributed by atoms with Crippen LogP contribution in [0.15, 0.2) is 76.6 Å². The Labute approximate surface area is 246 Å². The molecule has 2 heterocycles. The van der Waals surface area contributed by atoms with Gasteiger partial charge in [0.1, 0.15) is 16.8 Å². The Morgan fingerprint density at radius 2 is 1.81 bits per heavy atom. The van der Waals surface area contributed by atoms with Crippen LogP contribution >= 0.6 is 11.9 Å². The van der Waals surface area contributed by atoms with E-state index in [2.05, 4.69) is 5.32 Å². The molecule has 220 valence electrons. The zero-order chi connectivity index (χ0) is 30.2. The first-order valence-electron chi connectivity index (χ1n) is 13.9. The van der Waals surface area contributed by atoms with Crippen molar-refractivity contribution in [3.63, 3.8) is 0 Å². The molecule has 0 aliphatic carbocycles. The van der Waals surface area contributed by atoms with E-state index < -0.39 is 29.3 Å². The van der Waals surface area contributed by atoms with Crippen LogP contribution in [-0.2, 0) is 17.4 Å². The number of anilines is 1. The molecule has 3 aromatic carbocycles. The molecule has 0 fully saturated rings. The van der Waals surface area contributed by atoms with Crippen LogP contribution < -0.4 is 10.9 Å². The number of aromatic nitrogens is 1. The number of aliphatic carboxylic acids is 1. The van der Waals surface area contributed by atoms with Crippen molar-refractivity contribution in [2.45, 2.75) is 56.9 Å². The van der Waals surface area contributed by atoms with Crippen LogP contribution in [0.3, 0.4) is 0 Å². The lowest BCUT2D eigenvalue weighted by Gasteiger charge is -2.36. The summed E-state index contributed by atoms with van der Waals surface area (Å²) >= 11 is 1.23. The minimum absolute atomic E-state index is 0.0898. The number of pyridine rings is 1. The standard InChI is InChI=1S/C32H32F3N3O3S/c1-4-15-37-18-26(31(40)41)38-29(39)28(36-19(2)3)25(17-21-11-7-10-20-9-5-6-14-24(20)21)27(30(38)42-37)22-12-8-13-23(16-22)32(33,34)35/h5-14,16,19,26,36H,4,15,17-18H2,1-3H3,(H,40,41). The van der Waals surface area contributed by atoms with Gasteiger partial charge in [0, 0.05) is 31.1 Å². The molecule has 10 heteroatoms. The molecule has 1 atom stereocenters. The first kappa shape index (κ1) is 29.7. The maximum absolute atomic E-state index is 14.2. The van der Waals surface area contributed by atoms with Crippen LogP contribution in [0.2, 0.25) is 0 Å². The molecule has 6 nitrogen and oxygen atoms in total. The molecule has 1 aromatic heterocycles. The Bertz CT molecular complexity index is 1700. The summed E-state index contributed by atoms with van der Waals surface area (Å²) in [5.74, 6) is -1.17. The average molecular weight is 596 g/mol. The molecule has 5 rings (SSSR count). The van der Waals surface area contributed by atoms with E-state index in [4.69, 9.17) is 0 Å². The largest absolute Gasteiger partial charge is 0.480 e.